The van der Waals surface area contributed by atoms with Crippen LogP contribution in [0.25, 0.3) is 0 Å². The Morgan fingerprint density at radius 1 is 1.38 bits per heavy atom. The van der Waals surface area contributed by atoms with Crippen LogP contribution in [0.1, 0.15) is 19.5 Å². The van der Waals surface area contributed by atoms with E-state index in [4.69, 9.17) is 18.0 Å². The van der Waals surface area contributed by atoms with E-state index in [0.717, 1.165) is 0 Å². The number of thiocarbonyl (C=S) groups is 1. The van der Waals surface area contributed by atoms with Crippen molar-refractivity contribution in [2.24, 2.45) is 5.73 Å². The fourth-order valence-electron chi connectivity index (χ4n) is 2.48. The lowest BCUT2D eigenvalue weighted by atomic mass is 10.1. The first-order valence-electron chi connectivity index (χ1n) is 6.72. The monoisotopic (exact) mass is 328 g/mol. The number of likely N-dealkylation sites (N-methyl/N-ethyl adjacent to an activating group) is 1. The van der Waals surface area contributed by atoms with Gasteiger partial charge in [-0.15, -0.1) is 0 Å². The number of rotatable bonds is 3. The van der Waals surface area contributed by atoms with E-state index in [1.165, 1.54) is 16.6 Å². The molecule has 0 bridgehead atoms. The van der Waals surface area contributed by atoms with Crippen molar-refractivity contribution in [3.8, 4) is 0 Å². The second kappa shape index (κ2) is 5.96. The molecule has 0 aromatic carbocycles. The van der Waals surface area contributed by atoms with E-state index in [1.54, 1.807) is 6.07 Å². The van der Waals surface area contributed by atoms with Crippen molar-refractivity contribution in [2.45, 2.75) is 30.8 Å². The van der Waals surface area contributed by atoms with Crippen LogP contribution in [0.3, 0.4) is 0 Å². The normalized spacial score (nSPS) is 24.9. The van der Waals surface area contributed by atoms with Gasteiger partial charge >= 0.3 is 0 Å². The number of hydrogen-bond acceptors (Lipinski definition) is 5. The lowest BCUT2D eigenvalue weighted by Crippen LogP contribution is -2.56. The number of sulfonamides is 1. The van der Waals surface area contributed by atoms with Gasteiger partial charge in [-0.25, -0.2) is 8.42 Å². The van der Waals surface area contributed by atoms with Gasteiger partial charge in [-0.2, -0.15) is 4.31 Å². The molecule has 2 N–H and O–H groups in total. The van der Waals surface area contributed by atoms with E-state index < -0.39 is 10.0 Å². The summed E-state index contributed by atoms with van der Waals surface area (Å²) < 4.78 is 27.2. The topological polar surface area (TPSA) is 79.5 Å². The van der Waals surface area contributed by atoms with E-state index in [0.29, 0.717) is 13.1 Å². The Morgan fingerprint density at radius 3 is 2.48 bits per heavy atom. The van der Waals surface area contributed by atoms with Crippen molar-refractivity contribution in [1.29, 1.82) is 0 Å². The molecular weight excluding hydrogens is 308 g/mol. The van der Waals surface area contributed by atoms with Gasteiger partial charge in [-0.3, -0.25) is 9.88 Å². The van der Waals surface area contributed by atoms with Gasteiger partial charge in [0.15, 0.2) is 0 Å². The minimum atomic E-state index is -3.65. The third-order valence-electron chi connectivity index (χ3n) is 3.95. The van der Waals surface area contributed by atoms with Crippen molar-refractivity contribution in [3.63, 3.8) is 0 Å². The molecule has 21 heavy (non-hydrogen) atoms. The quantitative estimate of drug-likeness (QED) is 0.811. The largest absolute Gasteiger partial charge is 0.388 e. The maximum absolute atomic E-state index is 12.9. The molecule has 0 radical (unpaired) electrons. The van der Waals surface area contributed by atoms with Crippen LogP contribution < -0.4 is 5.73 Å². The Balaban J connectivity index is 2.42. The van der Waals surface area contributed by atoms with E-state index in [1.807, 2.05) is 20.9 Å². The number of aromatic nitrogens is 1. The Bertz CT molecular complexity index is 635. The molecule has 2 unspecified atom stereocenters. The van der Waals surface area contributed by atoms with Gasteiger partial charge in [0.1, 0.15) is 15.6 Å². The van der Waals surface area contributed by atoms with E-state index in [-0.39, 0.29) is 27.7 Å². The first-order chi connectivity index (χ1) is 9.75. The molecule has 2 heterocycles. The van der Waals surface area contributed by atoms with Gasteiger partial charge in [-0.1, -0.05) is 12.2 Å². The summed E-state index contributed by atoms with van der Waals surface area (Å²) in [6.45, 7) is 4.90. The molecule has 116 valence electrons. The summed E-state index contributed by atoms with van der Waals surface area (Å²) in [5, 5.41) is 0. The molecule has 8 heteroatoms. The van der Waals surface area contributed by atoms with Crippen LogP contribution in [0.15, 0.2) is 23.2 Å². The molecule has 0 saturated carbocycles. The zero-order valence-corrected chi connectivity index (χ0v) is 14.0. The van der Waals surface area contributed by atoms with Gasteiger partial charge in [0.05, 0.1) is 0 Å². The molecule has 1 saturated heterocycles. The van der Waals surface area contributed by atoms with Crippen LogP contribution in [-0.4, -0.2) is 59.8 Å². The molecule has 0 aliphatic carbocycles. The lowest BCUT2D eigenvalue weighted by Gasteiger charge is -2.41. The SMILES string of the molecule is CC1CN(S(=O)(=O)c2cccnc2C(N)=S)CC(C)N1C. The highest BCUT2D eigenvalue weighted by molar-refractivity contribution is 7.89. The van der Waals surface area contributed by atoms with Crippen molar-refractivity contribution < 1.29 is 8.42 Å². The molecule has 0 amide bonds. The molecule has 2 atom stereocenters. The summed E-state index contributed by atoms with van der Waals surface area (Å²) in [5.41, 5.74) is 5.75. The zero-order chi connectivity index (χ0) is 15.8. The average molecular weight is 328 g/mol. The summed E-state index contributed by atoms with van der Waals surface area (Å²) in [6, 6.07) is 3.38. The highest BCUT2D eigenvalue weighted by Crippen LogP contribution is 2.23. The average Bonchev–Trinajstić information content (AvgIpc) is 2.44. The van der Waals surface area contributed by atoms with Crippen LogP contribution in [0.4, 0.5) is 0 Å². The molecule has 1 aromatic rings. The van der Waals surface area contributed by atoms with Crippen molar-refractivity contribution >= 4 is 27.2 Å². The first-order valence-corrected chi connectivity index (χ1v) is 8.57. The second-order valence-electron chi connectivity index (χ2n) is 5.40. The highest BCUT2D eigenvalue weighted by atomic mass is 32.2. The Labute approximate surface area is 131 Å². The Kier molecular flexibility index (Phi) is 4.62. The van der Waals surface area contributed by atoms with Gasteiger partial charge in [0, 0.05) is 31.4 Å². The summed E-state index contributed by atoms with van der Waals surface area (Å²) in [5.74, 6) is 0. The lowest BCUT2D eigenvalue weighted by molar-refractivity contribution is 0.105. The maximum atomic E-state index is 12.9. The van der Waals surface area contributed by atoms with E-state index in [2.05, 4.69) is 9.88 Å². The number of hydrogen-bond donors (Lipinski definition) is 1. The summed E-state index contributed by atoms with van der Waals surface area (Å²) in [4.78, 5) is 6.26. The molecule has 0 spiro atoms. The summed E-state index contributed by atoms with van der Waals surface area (Å²) in [7, 11) is -1.65. The Hall–Kier alpha value is -1.09. The molecule has 1 aromatic heterocycles. The number of nitrogens with zero attached hydrogens (tertiary/aromatic N) is 3. The second-order valence-corrected chi connectivity index (χ2v) is 7.75. The molecular formula is C13H20N4O2S2. The van der Waals surface area contributed by atoms with Gasteiger partial charge in [0.2, 0.25) is 10.0 Å². The van der Waals surface area contributed by atoms with E-state index in [9.17, 15) is 8.42 Å². The zero-order valence-electron chi connectivity index (χ0n) is 12.4. The fourth-order valence-corrected chi connectivity index (χ4v) is 4.46. The number of nitrogens with two attached hydrogens (primary N) is 1. The van der Waals surface area contributed by atoms with Crippen LogP contribution in [0, 0.1) is 0 Å². The van der Waals surface area contributed by atoms with Crippen LogP contribution >= 0.6 is 12.2 Å². The highest BCUT2D eigenvalue weighted by Gasteiger charge is 2.35. The number of pyridine rings is 1. The van der Waals surface area contributed by atoms with Crippen molar-refractivity contribution in [3.05, 3.63) is 24.0 Å². The minimum absolute atomic E-state index is 0.00982. The number of piperazine rings is 1. The van der Waals surface area contributed by atoms with Gasteiger partial charge in [-0.05, 0) is 33.0 Å². The van der Waals surface area contributed by atoms with Gasteiger partial charge in [0.25, 0.3) is 0 Å². The summed E-state index contributed by atoms with van der Waals surface area (Å²) >= 11 is 4.91. The molecule has 1 fully saturated rings. The third-order valence-corrected chi connectivity index (χ3v) is 6.00. The standard InChI is InChI=1S/C13H20N4O2S2/c1-9-7-17(8-10(2)16(9)3)21(18,19)11-5-4-6-15-12(11)13(14)20/h4-6,9-10H,7-8H2,1-3H3,(H2,14,20). The summed E-state index contributed by atoms with van der Waals surface area (Å²) in [6.07, 6.45) is 1.49. The smallest absolute Gasteiger partial charge is 0.245 e. The van der Waals surface area contributed by atoms with Crippen LogP contribution in [0.2, 0.25) is 0 Å². The minimum Gasteiger partial charge on any atom is -0.388 e. The van der Waals surface area contributed by atoms with Gasteiger partial charge < -0.3 is 5.73 Å². The predicted octanol–water partition coefficient (Wildman–Crippen LogP) is 0.429. The fraction of sp³-hybridized carbons (Fsp3) is 0.538. The first kappa shape index (κ1) is 16.3. The predicted molar refractivity (Wildman–Crippen MR) is 85.6 cm³/mol. The molecule has 6 nitrogen and oxygen atoms in total. The van der Waals surface area contributed by atoms with E-state index >= 15 is 0 Å². The van der Waals surface area contributed by atoms with Crippen molar-refractivity contribution in [2.75, 3.05) is 20.1 Å². The van der Waals surface area contributed by atoms with Crippen molar-refractivity contribution in [1.82, 2.24) is 14.2 Å². The molecule has 1 aliphatic heterocycles. The maximum Gasteiger partial charge on any atom is 0.245 e. The molecule has 2 rings (SSSR count). The van der Waals surface area contributed by atoms with Crippen LogP contribution in [-0.2, 0) is 10.0 Å². The Morgan fingerprint density at radius 2 is 1.95 bits per heavy atom. The van der Waals surface area contributed by atoms with Crippen LogP contribution in [0.5, 0.6) is 0 Å². The molecule has 1 aliphatic rings. The third kappa shape index (κ3) is 3.08.